The molecule has 5 heteroatoms. The van der Waals surface area contributed by atoms with E-state index in [1.807, 2.05) is 30.3 Å². The third kappa shape index (κ3) is 3.95. The van der Waals surface area contributed by atoms with Crippen molar-refractivity contribution in [2.45, 2.75) is 6.92 Å². The van der Waals surface area contributed by atoms with Gasteiger partial charge in [0, 0.05) is 30.1 Å². The summed E-state index contributed by atoms with van der Waals surface area (Å²) in [7, 11) is 0. The minimum Gasteiger partial charge on any atom is -0.354 e. The van der Waals surface area contributed by atoms with Gasteiger partial charge in [-0.05, 0) is 48.0 Å². The zero-order valence-electron chi connectivity index (χ0n) is 13.1. The molecule has 1 amide bonds. The largest absolute Gasteiger partial charge is 0.354 e. The van der Waals surface area contributed by atoms with E-state index in [0.29, 0.717) is 0 Å². The molecule has 24 heavy (non-hydrogen) atoms. The number of hydrogen-bond donors (Lipinski definition) is 2. The molecular weight excluding hydrogens is 305 g/mol. The van der Waals surface area contributed by atoms with E-state index in [0.717, 1.165) is 28.2 Å². The summed E-state index contributed by atoms with van der Waals surface area (Å²) >= 11 is 0. The number of benzene rings is 2. The Hall–Kier alpha value is -3.21. The lowest BCUT2D eigenvalue weighted by molar-refractivity contribution is -0.114. The second kappa shape index (κ2) is 6.91. The topological polar surface area (TPSA) is 54.0 Å². The first-order chi connectivity index (χ1) is 11.6. The summed E-state index contributed by atoms with van der Waals surface area (Å²) in [6.45, 7) is 1.47. The number of nitrogens with zero attached hydrogens (tertiary/aromatic N) is 1. The Kier molecular flexibility index (Phi) is 4.52. The molecule has 0 aliphatic heterocycles. The SMILES string of the molecule is CC(=O)Nc1cccc(-c2cncc(Nc3ccc(F)cc3)c2)c1. The number of anilines is 3. The van der Waals surface area contributed by atoms with E-state index in [9.17, 15) is 9.18 Å². The molecule has 0 aliphatic rings. The van der Waals surface area contributed by atoms with Crippen LogP contribution in [0.25, 0.3) is 11.1 Å². The number of nitrogens with one attached hydrogen (secondary N) is 2. The van der Waals surface area contributed by atoms with Crippen LogP contribution in [0.3, 0.4) is 0 Å². The van der Waals surface area contributed by atoms with Gasteiger partial charge in [-0.1, -0.05) is 12.1 Å². The maximum absolute atomic E-state index is 13.0. The maximum atomic E-state index is 13.0. The van der Waals surface area contributed by atoms with Gasteiger partial charge in [-0.25, -0.2) is 4.39 Å². The fourth-order valence-electron chi connectivity index (χ4n) is 2.35. The summed E-state index contributed by atoms with van der Waals surface area (Å²) in [5.74, 6) is -0.390. The molecule has 0 aliphatic carbocycles. The molecule has 3 aromatic rings. The normalized spacial score (nSPS) is 10.2. The third-order valence-corrected chi connectivity index (χ3v) is 3.39. The number of amides is 1. The molecule has 3 rings (SSSR count). The number of carbonyl (C=O) groups excluding carboxylic acids is 1. The van der Waals surface area contributed by atoms with Crippen molar-refractivity contribution in [1.82, 2.24) is 4.98 Å². The van der Waals surface area contributed by atoms with Gasteiger partial charge in [0.1, 0.15) is 5.82 Å². The molecule has 0 unspecified atom stereocenters. The van der Waals surface area contributed by atoms with E-state index in [2.05, 4.69) is 15.6 Å². The Labute approximate surface area is 139 Å². The van der Waals surface area contributed by atoms with E-state index in [1.54, 1.807) is 24.5 Å². The number of halogens is 1. The first kappa shape index (κ1) is 15.7. The number of hydrogen-bond acceptors (Lipinski definition) is 3. The molecule has 0 atom stereocenters. The molecular formula is C19H16FN3O. The number of aromatic nitrogens is 1. The lowest BCUT2D eigenvalue weighted by atomic mass is 10.1. The van der Waals surface area contributed by atoms with Crippen LogP contribution >= 0.6 is 0 Å². The van der Waals surface area contributed by atoms with Gasteiger partial charge < -0.3 is 10.6 Å². The van der Waals surface area contributed by atoms with Crippen molar-refractivity contribution in [1.29, 1.82) is 0 Å². The van der Waals surface area contributed by atoms with Crippen molar-refractivity contribution < 1.29 is 9.18 Å². The van der Waals surface area contributed by atoms with Crippen LogP contribution < -0.4 is 10.6 Å². The monoisotopic (exact) mass is 321 g/mol. The molecule has 0 spiro atoms. The van der Waals surface area contributed by atoms with Crippen molar-refractivity contribution in [3.8, 4) is 11.1 Å². The fraction of sp³-hybridized carbons (Fsp3) is 0.0526. The van der Waals surface area contributed by atoms with Gasteiger partial charge in [0.15, 0.2) is 0 Å². The van der Waals surface area contributed by atoms with Gasteiger partial charge in [0.2, 0.25) is 5.91 Å². The standard InChI is InChI=1S/C19H16FN3O/c1-13(24)22-18-4-2-3-14(9-18)15-10-19(12-21-11-15)23-17-7-5-16(20)6-8-17/h2-12,23H,1H3,(H,22,24). The summed E-state index contributed by atoms with van der Waals surface area (Å²) < 4.78 is 13.0. The Morgan fingerprint density at radius 2 is 1.67 bits per heavy atom. The second-order valence-corrected chi connectivity index (χ2v) is 5.36. The zero-order valence-corrected chi connectivity index (χ0v) is 13.1. The summed E-state index contributed by atoms with van der Waals surface area (Å²) in [6, 6.07) is 15.6. The van der Waals surface area contributed by atoms with Crippen LogP contribution in [0.5, 0.6) is 0 Å². The average Bonchev–Trinajstić information content (AvgIpc) is 2.57. The summed E-state index contributed by atoms with van der Waals surface area (Å²) in [5.41, 5.74) is 4.16. The minimum absolute atomic E-state index is 0.114. The van der Waals surface area contributed by atoms with Crippen LogP contribution in [0.4, 0.5) is 21.5 Å². The Morgan fingerprint density at radius 3 is 2.42 bits per heavy atom. The van der Waals surface area contributed by atoms with Crippen molar-refractivity contribution in [2.75, 3.05) is 10.6 Å². The molecule has 0 saturated carbocycles. The summed E-state index contributed by atoms with van der Waals surface area (Å²) in [5, 5.41) is 5.95. The molecule has 120 valence electrons. The lowest BCUT2D eigenvalue weighted by Crippen LogP contribution is -2.05. The number of pyridine rings is 1. The minimum atomic E-state index is -0.276. The van der Waals surface area contributed by atoms with Crippen LogP contribution in [0, 0.1) is 5.82 Å². The van der Waals surface area contributed by atoms with E-state index in [-0.39, 0.29) is 11.7 Å². The quantitative estimate of drug-likeness (QED) is 0.739. The highest BCUT2D eigenvalue weighted by Gasteiger charge is 2.03. The molecule has 0 radical (unpaired) electrons. The van der Waals surface area contributed by atoms with E-state index in [1.165, 1.54) is 19.1 Å². The van der Waals surface area contributed by atoms with Crippen LogP contribution in [-0.2, 0) is 4.79 Å². The molecule has 1 aromatic heterocycles. The first-order valence-electron chi connectivity index (χ1n) is 7.46. The summed E-state index contributed by atoms with van der Waals surface area (Å²) in [6.07, 6.45) is 3.45. The van der Waals surface area contributed by atoms with E-state index in [4.69, 9.17) is 0 Å². The van der Waals surface area contributed by atoms with Gasteiger partial charge in [-0.15, -0.1) is 0 Å². The summed E-state index contributed by atoms with van der Waals surface area (Å²) in [4.78, 5) is 15.4. The van der Waals surface area contributed by atoms with Crippen LogP contribution in [0.1, 0.15) is 6.92 Å². The van der Waals surface area contributed by atoms with Gasteiger partial charge >= 0.3 is 0 Å². The van der Waals surface area contributed by atoms with Crippen LogP contribution in [0.15, 0.2) is 67.0 Å². The van der Waals surface area contributed by atoms with Crippen molar-refractivity contribution >= 4 is 23.0 Å². The second-order valence-electron chi connectivity index (χ2n) is 5.36. The molecule has 2 N–H and O–H groups in total. The van der Waals surface area contributed by atoms with Gasteiger partial charge in [-0.2, -0.15) is 0 Å². The Bertz CT molecular complexity index is 862. The highest BCUT2D eigenvalue weighted by molar-refractivity contribution is 5.89. The number of carbonyl (C=O) groups is 1. The van der Waals surface area contributed by atoms with Gasteiger partial charge in [0.05, 0.1) is 11.9 Å². The molecule has 0 fully saturated rings. The Morgan fingerprint density at radius 1 is 0.917 bits per heavy atom. The maximum Gasteiger partial charge on any atom is 0.221 e. The lowest BCUT2D eigenvalue weighted by Gasteiger charge is -2.09. The molecule has 0 saturated heterocycles. The smallest absolute Gasteiger partial charge is 0.221 e. The van der Waals surface area contributed by atoms with Crippen molar-refractivity contribution in [2.24, 2.45) is 0 Å². The predicted molar refractivity (Wildman–Crippen MR) is 93.7 cm³/mol. The van der Waals surface area contributed by atoms with Crippen molar-refractivity contribution in [3.05, 3.63) is 72.8 Å². The van der Waals surface area contributed by atoms with Crippen LogP contribution in [0.2, 0.25) is 0 Å². The highest BCUT2D eigenvalue weighted by Crippen LogP contribution is 2.25. The highest BCUT2D eigenvalue weighted by atomic mass is 19.1. The van der Waals surface area contributed by atoms with Gasteiger partial charge in [0.25, 0.3) is 0 Å². The fourth-order valence-corrected chi connectivity index (χ4v) is 2.35. The van der Waals surface area contributed by atoms with Gasteiger partial charge in [-0.3, -0.25) is 9.78 Å². The van der Waals surface area contributed by atoms with Crippen molar-refractivity contribution in [3.63, 3.8) is 0 Å². The first-order valence-corrected chi connectivity index (χ1v) is 7.46. The predicted octanol–water partition coefficient (Wildman–Crippen LogP) is 4.59. The third-order valence-electron chi connectivity index (χ3n) is 3.39. The molecule has 1 heterocycles. The van der Waals surface area contributed by atoms with E-state index >= 15 is 0 Å². The molecule has 0 bridgehead atoms. The zero-order chi connectivity index (χ0) is 16.9. The Balaban J connectivity index is 1.85. The number of rotatable bonds is 4. The average molecular weight is 321 g/mol. The van der Waals surface area contributed by atoms with Crippen LogP contribution in [-0.4, -0.2) is 10.9 Å². The molecule has 2 aromatic carbocycles. The molecule has 4 nitrogen and oxygen atoms in total. The van der Waals surface area contributed by atoms with E-state index < -0.39 is 0 Å².